The lowest BCUT2D eigenvalue weighted by molar-refractivity contribution is 0.0617. The predicted molar refractivity (Wildman–Crippen MR) is 96.7 cm³/mol. The van der Waals surface area contributed by atoms with E-state index >= 15 is 0 Å². The Morgan fingerprint density at radius 3 is 2.62 bits per heavy atom. The average Bonchev–Trinajstić information content (AvgIpc) is 2.53. The van der Waals surface area contributed by atoms with E-state index in [0.717, 1.165) is 21.5 Å². The molecule has 2 aromatic rings. The summed E-state index contributed by atoms with van der Waals surface area (Å²) >= 11 is 3.38. The number of benzene rings is 2. The number of methoxy groups -OCH3 is 1. The lowest BCUT2D eigenvalue weighted by atomic mass is 9.89. The lowest BCUT2D eigenvalue weighted by Gasteiger charge is -2.38. The second-order valence-electron chi connectivity index (χ2n) is 6.50. The molecule has 0 fully saturated rings. The standard InChI is InChI=1S/C19H20BrNO3/c1-19(2)11-16(15-9-8-14(23-3)10-17(15)24-19)21-18(22)12-4-6-13(20)7-5-12/h4-10,16H,11H2,1-3H3,(H,21,22)/t16-/m0/s1. The molecule has 0 radical (unpaired) electrons. The number of nitrogens with one attached hydrogen (secondary N) is 1. The van der Waals surface area contributed by atoms with E-state index in [4.69, 9.17) is 9.47 Å². The first-order chi connectivity index (χ1) is 11.4. The molecule has 0 spiro atoms. The molecule has 1 aliphatic heterocycles. The van der Waals surface area contributed by atoms with E-state index in [1.807, 2.05) is 44.2 Å². The number of ether oxygens (including phenoxy) is 2. The second-order valence-corrected chi connectivity index (χ2v) is 7.42. The average molecular weight is 390 g/mol. The lowest BCUT2D eigenvalue weighted by Crippen LogP contribution is -2.41. The molecule has 1 atom stereocenters. The second kappa shape index (κ2) is 6.48. The summed E-state index contributed by atoms with van der Waals surface area (Å²) in [4.78, 5) is 12.6. The number of halogens is 1. The maximum absolute atomic E-state index is 12.6. The highest BCUT2D eigenvalue weighted by Crippen LogP contribution is 2.41. The van der Waals surface area contributed by atoms with E-state index < -0.39 is 0 Å². The Morgan fingerprint density at radius 2 is 1.96 bits per heavy atom. The van der Waals surface area contributed by atoms with Gasteiger partial charge in [0.1, 0.15) is 17.1 Å². The number of fused-ring (bicyclic) bond motifs is 1. The van der Waals surface area contributed by atoms with Crippen LogP contribution in [0.4, 0.5) is 0 Å². The van der Waals surface area contributed by atoms with Crippen LogP contribution in [-0.2, 0) is 0 Å². The first-order valence-corrected chi connectivity index (χ1v) is 8.61. The van der Waals surface area contributed by atoms with Crippen molar-refractivity contribution in [3.05, 3.63) is 58.1 Å². The molecule has 126 valence electrons. The highest BCUT2D eigenvalue weighted by atomic mass is 79.9. The van der Waals surface area contributed by atoms with Crippen molar-refractivity contribution in [2.75, 3.05) is 7.11 Å². The Kier molecular flexibility index (Phi) is 4.54. The van der Waals surface area contributed by atoms with Crippen molar-refractivity contribution in [2.24, 2.45) is 0 Å². The Balaban J connectivity index is 1.88. The Morgan fingerprint density at radius 1 is 1.25 bits per heavy atom. The zero-order valence-electron chi connectivity index (χ0n) is 13.9. The van der Waals surface area contributed by atoms with Crippen LogP contribution in [0, 0.1) is 0 Å². The van der Waals surface area contributed by atoms with Gasteiger partial charge in [0.05, 0.1) is 13.2 Å². The SMILES string of the molecule is COc1ccc2c(c1)OC(C)(C)C[C@@H]2NC(=O)c1ccc(Br)cc1. The molecule has 0 aliphatic carbocycles. The minimum Gasteiger partial charge on any atom is -0.497 e. The van der Waals surface area contributed by atoms with Gasteiger partial charge in [0.25, 0.3) is 5.91 Å². The zero-order valence-corrected chi connectivity index (χ0v) is 15.5. The molecule has 0 aromatic heterocycles. The van der Waals surface area contributed by atoms with Crippen molar-refractivity contribution in [1.82, 2.24) is 5.32 Å². The maximum atomic E-state index is 12.6. The van der Waals surface area contributed by atoms with E-state index in [-0.39, 0.29) is 17.6 Å². The first-order valence-electron chi connectivity index (χ1n) is 7.81. The molecule has 3 rings (SSSR count). The van der Waals surface area contributed by atoms with Crippen LogP contribution in [0.1, 0.15) is 42.2 Å². The Hall–Kier alpha value is -2.01. The van der Waals surface area contributed by atoms with Crippen molar-refractivity contribution >= 4 is 21.8 Å². The summed E-state index contributed by atoms with van der Waals surface area (Å²) in [6, 6.07) is 12.9. The smallest absolute Gasteiger partial charge is 0.251 e. The van der Waals surface area contributed by atoms with Gasteiger partial charge in [-0.05, 0) is 50.2 Å². The van der Waals surface area contributed by atoms with Gasteiger partial charge in [0, 0.05) is 28.1 Å². The molecular formula is C19H20BrNO3. The molecule has 5 heteroatoms. The molecule has 0 bridgehead atoms. The monoisotopic (exact) mass is 389 g/mol. The van der Waals surface area contributed by atoms with Crippen molar-refractivity contribution in [3.8, 4) is 11.5 Å². The fourth-order valence-electron chi connectivity index (χ4n) is 2.93. The van der Waals surface area contributed by atoms with Crippen molar-refractivity contribution < 1.29 is 14.3 Å². The van der Waals surface area contributed by atoms with Gasteiger partial charge in [-0.25, -0.2) is 0 Å². The van der Waals surface area contributed by atoms with Crippen LogP contribution in [0.5, 0.6) is 11.5 Å². The van der Waals surface area contributed by atoms with Gasteiger partial charge >= 0.3 is 0 Å². The van der Waals surface area contributed by atoms with Gasteiger partial charge < -0.3 is 14.8 Å². The van der Waals surface area contributed by atoms with Gasteiger partial charge in [0.2, 0.25) is 0 Å². The molecular weight excluding hydrogens is 370 g/mol. The third-order valence-corrected chi connectivity index (χ3v) is 4.62. The third-order valence-electron chi connectivity index (χ3n) is 4.09. The Labute approximate surface area is 150 Å². The van der Waals surface area contributed by atoms with Crippen LogP contribution >= 0.6 is 15.9 Å². The van der Waals surface area contributed by atoms with Crippen molar-refractivity contribution in [3.63, 3.8) is 0 Å². The molecule has 0 saturated carbocycles. The predicted octanol–water partition coefficient (Wildman–Crippen LogP) is 4.49. The van der Waals surface area contributed by atoms with Crippen LogP contribution in [0.25, 0.3) is 0 Å². The van der Waals surface area contributed by atoms with E-state index in [2.05, 4.69) is 21.2 Å². The summed E-state index contributed by atoms with van der Waals surface area (Å²) in [7, 11) is 1.63. The molecule has 0 unspecified atom stereocenters. The quantitative estimate of drug-likeness (QED) is 0.840. The minimum absolute atomic E-state index is 0.0908. The summed E-state index contributed by atoms with van der Waals surface area (Å²) in [5.41, 5.74) is 1.25. The summed E-state index contributed by atoms with van der Waals surface area (Å²) in [5, 5.41) is 3.13. The van der Waals surface area contributed by atoms with Crippen LogP contribution in [0.2, 0.25) is 0 Å². The molecule has 1 heterocycles. The molecule has 1 N–H and O–H groups in total. The van der Waals surface area contributed by atoms with Crippen LogP contribution in [-0.4, -0.2) is 18.6 Å². The minimum atomic E-state index is -0.364. The number of carbonyl (C=O) groups excluding carboxylic acids is 1. The normalized spacial score (nSPS) is 18.2. The van der Waals surface area contributed by atoms with Gasteiger partial charge in [-0.15, -0.1) is 0 Å². The molecule has 4 nitrogen and oxygen atoms in total. The van der Waals surface area contributed by atoms with Crippen LogP contribution < -0.4 is 14.8 Å². The zero-order chi connectivity index (χ0) is 17.3. The fourth-order valence-corrected chi connectivity index (χ4v) is 3.19. The molecule has 2 aromatic carbocycles. The number of hydrogen-bond donors (Lipinski definition) is 1. The number of amides is 1. The largest absolute Gasteiger partial charge is 0.497 e. The van der Waals surface area contributed by atoms with Crippen LogP contribution in [0.3, 0.4) is 0 Å². The number of hydrogen-bond acceptors (Lipinski definition) is 3. The highest BCUT2D eigenvalue weighted by Gasteiger charge is 2.34. The molecule has 1 aliphatic rings. The van der Waals surface area contributed by atoms with Gasteiger partial charge in [0.15, 0.2) is 0 Å². The topological polar surface area (TPSA) is 47.6 Å². The van der Waals surface area contributed by atoms with Crippen LogP contribution in [0.15, 0.2) is 46.9 Å². The Bertz CT molecular complexity index is 756. The third kappa shape index (κ3) is 3.56. The maximum Gasteiger partial charge on any atom is 0.251 e. The van der Waals surface area contributed by atoms with Gasteiger partial charge in [-0.3, -0.25) is 4.79 Å². The van der Waals surface area contributed by atoms with Gasteiger partial charge in [-0.2, -0.15) is 0 Å². The molecule has 1 amide bonds. The summed E-state index contributed by atoms with van der Waals surface area (Å²) in [6.45, 7) is 4.04. The highest BCUT2D eigenvalue weighted by molar-refractivity contribution is 9.10. The van der Waals surface area contributed by atoms with Gasteiger partial charge in [-0.1, -0.05) is 15.9 Å². The van der Waals surface area contributed by atoms with Crippen molar-refractivity contribution in [1.29, 1.82) is 0 Å². The number of rotatable bonds is 3. The van der Waals surface area contributed by atoms with E-state index in [9.17, 15) is 4.79 Å². The van der Waals surface area contributed by atoms with E-state index in [1.165, 1.54) is 0 Å². The first kappa shape index (κ1) is 16.8. The van der Waals surface area contributed by atoms with Crippen molar-refractivity contribution in [2.45, 2.75) is 31.9 Å². The van der Waals surface area contributed by atoms with E-state index in [0.29, 0.717) is 12.0 Å². The fraction of sp³-hybridized carbons (Fsp3) is 0.316. The summed E-state index contributed by atoms with van der Waals surface area (Å²) in [6.07, 6.45) is 0.703. The van der Waals surface area contributed by atoms with E-state index in [1.54, 1.807) is 19.2 Å². The molecule has 0 saturated heterocycles. The number of carbonyl (C=O) groups is 1. The summed E-state index contributed by atoms with van der Waals surface area (Å²) < 4.78 is 12.3. The molecule has 24 heavy (non-hydrogen) atoms. The summed E-state index contributed by atoms with van der Waals surface area (Å²) in [5.74, 6) is 1.41.